The largest absolute Gasteiger partial charge is 0.481 e. The van der Waals surface area contributed by atoms with Crippen LogP contribution in [-0.2, 0) is 10.5 Å². The van der Waals surface area contributed by atoms with Crippen molar-refractivity contribution in [1.29, 1.82) is 0 Å². The molecular weight excluding hydrogens is 298 g/mol. The zero-order valence-electron chi connectivity index (χ0n) is 13.5. The number of benzene rings is 1. The molecule has 0 aromatic heterocycles. The number of aliphatic carboxylic acids is 1. The predicted octanol–water partition coefficient (Wildman–Crippen LogP) is 3.56. The van der Waals surface area contributed by atoms with Gasteiger partial charge in [0.15, 0.2) is 0 Å². The van der Waals surface area contributed by atoms with Gasteiger partial charge in [-0.3, -0.25) is 9.59 Å². The Morgan fingerprint density at radius 3 is 2.18 bits per heavy atom. The van der Waals surface area contributed by atoms with Gasteiger partial charge in [0.25, 0.3) is 5.91 Å². The van der Waals surface area contributed by atoms with Crippen molar-refractivity contribution in [3.8, 4) is 0 Å². The maximum Gasteiger partial charge on any atom is 0.311 e. The number of carboxylic acid groups (broad SMARTS) is 1. The second kappa shape index (κ2) is 8.83. The van der Waals surface area contributed by atoms with Gasteiger partial charge in [-0.05, 0) is 36.3 Å². The van der Waals surface area contributed by atoms with Crippen LogP contribution in [0.5, 0.6) is 0 Å². The summed E-state index contributed by atoms with van der Waals surface area (Å²) in [5, 5.41) is 12.1. The van der Waals surface area contributed by atoms with Gasteiger partial charge in [0.1, 0.15) is 0 Å². The number of carbonyl (C=O) groups is 2. The Bertz CT molecular complexity index is 495. The summed E-state index contributed by atoms with van der Waals surface area (Å²) >= 11 is 1.83. The number of thioether (sulfide) groups is 1. The molecule has 122 valence electrons. The second-order valence-corrected chi connectivity index (χ2v) is 6.58. The highest BCUT2D eigenvalue weighted by molar-refractivity contribution is 7.98. The van der Waals surface area contributed by atoms with Gasteiger partial charge in [0.2, 0.25) is 0 Å². The third-order valence-electron chi connectivity index (χ3n) is 4.08. The summed E-state index contributed by atoms with van der Waals surface area (Å²) in [6, 6.07) is 7.48. The first-order valence-corrected chi connectivity index (χ1v) is 8.82. The minimum atomic E-state index is -0.882. The van der Waals surface area contributed by atoms with Crippen molar-refractivity contribution in [1.82, 2.24) is 5.32 Å². The molecule has 1 aromatic rings. The molecule has 1 aromatic carbocycles. The number of carbonyl (C=O) groups excluding carboxylic acids is 1. The highest BCUT2D eigenvalue weighted by atomic mass is 32.2. The molecule has 22 heavy (non-hydrogen) atoms. The fourth-order valence-electron chi connectivity index (χ4n) is 2.20. The maximum atomic E-state index is 12.2. The first-order valence-electron chi connectivity index (χ1n) is 7.67. The van der Waals surface area contributed by atoms with E-state index in [9.17, 15) is 14.7 Å². The second-order valence-electron chi connectivity index (χ2n) is 5.31. The lowest BCUT2D eigenvalue weighted by Gasteiger charge is -2.26. The van der Waals surface area contributed by atoms with E-state index in [0.29, 0.717) is 18.4 Å². The molecule has 0 aliphatic rings. The van der Waals surface area contributed by atoms with E-state index in [1.165, 1.54) is 5.56 Å². The van der Waals surface area contributed by atoms with E-state index in [2.05, 4.69) is 12.2 Å². The van der Waals surface area contributed by atoms with Crippen molar-refractivity contribution in [2.75, 3.05) is 12.3 Å². The average molecular weight is 323 g/mol. The lowest BCUT2D eigenvalue weighted by Crippen LogP contribution is -2.42. The van der Waals surface area contributed by atoms with Crippen LogP contribution in [-0.4, -0.2) is 29.3 Å². The molecule has 0 radical (unpaired) electrons. The van der Waals surface area contributed by atoms with E-state index in [0.717, 1.165) is 11.5 Å². The van der Waals surface area contributed by atoms with E-state index in [-0.39, 0.29) is 12.5 Å². The lowest BCUT2D eigenvalue weighted by atomic mass is 9.82. The number of nitrogens with one attached hydrogen (secondary N) is 1. The van der Waals surface area contributed by atoms with Crippen LogP contribution in [0.3, 0.4) is 0 Å². The van der Waals surface area contributed by atoms with Gasteiger partial charge in [-0.15, -0.1) is 0 Å². The molecule has 0 atom stereocenters. The summed E-state index contributed by atoms with van der Waals surface area (Å²) in [5.41, 5.74) is 0.870. The molecule has 0 bridgehead atoms. The molecule has 4 nitrogen and oxygen atoms in total. The summed E-state index contributed by atoms with van der Waals surface area (Å²) < 4.78 is 0. The quantitative estimate of drug-likeness (QED) is 0.729. The van der Waals surface area contributed by atoms with E-state index in [4.69, 9.17) is 0 Å². The molecule has 0 aliphatic carbocycles. The van der Waals surface area contributed by atoms with E-state index in [1.54, 1.807) is 12.1 Å². The first kappa shape index (κ1) is 18.6. The fourth-order valence-corrected chi connectivity index (χ4v) is 2.83. The van der Waals surface area contributed by atoms with Gasteiger partial charge >= 0.3 is 5.97 Å². The van der Waals surface area contributed by atoms with Crippen molar-refractivity contribution in [2.24, 2.45) is 5.41 Å². The molecule has 1 rings (SSSR count). The molecule has 0 aliphatic heterocycles. The summed E-state index contributed by atoms with van der Waals surface area (Å²) in [5.74, 6) is 0.923. The Kier molecular flexibility index (Phi) is 7.45. The topological polar surface area (TPSA) is 66.4 Å². The maximum absolute atomic E-state index is 12.2. The zero-order chi connectivity index (χ0) is 16.6. The fraction of sp³-hybridized carbons (Fsp3) is 0.529. The SMILES string of the molecule is CCSCc1ccc(C(=O)NCC(CC)(CC)C(=O)O)cc1. The number of carboxylic acids is 1. The number of hydrogen-bond acceptors (Lipinski definition) is 3. The molecule has 0 heterocycles. The highest BCUT2D eigenvalue weighted by Crippen LogP contribution is 2.25. The van der Waals surface area contributed by atoms with Crippen LogP contribution in [0.25, 0.3) is 0 Å². The van der Waals surface area contributed by atoms with E-state index >= 15 is 0 Å². The number of rotatable bonds is 9. The third-order valence-corrected chi connectivity index (χ3v) is 5.03. The third kappa shape index (κ3) is 4.77. The van der Waals surface area contributed by atoms with Gasteiger partial charge in [-0.2, -0.15) is 11.8 Å². The van der Waals surface area contributed by atoms with Crippen molar-refractivity contribution >= 4 is 23.6 Å². The standard InChI is InChI=1S/C17H25NO3S/c1-4-17(5-2,16(20)21)12-18-15(19)14-9-7-13(8-10-14)11-22-6-3/h7-10H,4-6,11-12H2,1-3H3,(H,18,19)(H,20,21). The Morgan fingerprint density at radius 2 is 1.73 bits per heavy atom. The molecule has 0 spiro atoms. The number of hydrogen-bond donors (Lipinski definition) is 2. The Morgan fingerprint density at radius 1 is 1.14 bits per heavy atom. The average Bonchev–Trinajstić information content (AvgIpc) is 2.54. The molecular formula is C17H25NO3S. The van der Waals surface area contributed by atoms with Gasteiger partial charge in [0.05, 0.1) is 5.41 Å². The van der Waals surface area contributed by atoms with Crippen molar-refractivity contribution in [3.63, 3.8) is 0 Å². The zero-order valence-corrected chi connectivity index (χ0v) is 14.3. The van der Waals surface area contributed by atoms with Crippen molar-refractivity contribution in [2.45, 2.75) is 39.4 Å². The Balaban J connectivity index is 2.67. The summed E-state index contributed by atoms with van der Waals surface area (Å²) in [6.07, 6.45) is 0.985. The molecule has 0 saturated carbocycles. The highest BCUT2D eigenvalue weighted by Gasteiger charge is 2.35. The Labute approximate surface area is 136 Å². The van der Waals surface area contributed by atoms with Crippen LogP contribution >= 0.6 is 11.8 Å². The molecule has 0 saturated heterocycles. The smallest absolute Gasteiger partial charge is 0.311 e. The summed E-state index contributed by atoms with van der Waals surface area (Å²) in [4.78, 5) is 23.6. The van der Waals surface area contributed by atoms with Gasteiger partial charge in [-0.1, -0.05) is 32.9 Å². The Hall–Kier alpha value is -1.49. The van der Waals surface area contributed by atoms with Gasteiger partial charge < -0.3 is 10.4 Å². The van der Waals surface area contributed by atoms with Crippen molar-refractivity contribution in [3.05, 3.63) is 35.4 Å². The van der Waals surface area contributed by atoms with E-state index < -0.39 is 11.4 Å². The normalized spacial score (nSPS) is 11.2. The summed E-state index contributed by atoms with van der Waals surface area (Å²) in [7, 11) is 0. The molecule has 0 fully saturated rings. The van der Waals surface area contributed by atoms with Crippen LogP contribution in [0.1, 0.15) is 49.5 Å². The molecule has 5 heteroatoms. The van der Waals surface area contributed by atoms with Crippen LogP contribution in [0.2, 0.25) is 0 Å². The van der Waals surface area contributed by atoms with Crippen LogP contribution in [0, 0.1) is 5.41 Å². The lowest BCUT2D eigenvalue weighted by molar-refractivity contribution is -0.149. The van der Waals surface area contributed by atoms with Gasteiger partial charge in [-0.25, -0.2) is 0 Å². The van der Waals surface area contributed by atoms with Crippen LogP contribution in [0.4, 0.5) is 0 Å². The molecule has 2 N–H and O–H groups in total. The minimum Gasteiger partial charge on any atom is -0.481 e. The molecule has 0 unspecified atom stereocenters. The molecule has 1 amide bonds. The van der Waals surface area contributed by atoms with Crippen LogP contribution in [0.15, 0.2) is 24.3 Å². The van der Waals surface area contributed by atoms with Crippen molar-refractivity contribution < 1.29 is 14.7 Å². The van der Waals surface area contributed by atoms with Crippen LogP contribution < -0.4 is 5.32 Å². The first-order chi connectivity index (χ1) is 10.5. The predicted molar refractivity (Wildman–Crippen MR) is 91.3 cm³/mol. The summed E-state index contributed by atoms with van der Waals surface area (Å²) in [6.45, 7) is 5.94. The number of amides is 1. The van der Waals surface area contributed by atoms with E-state index in [1.807, 2.05) is 37.7 Å². The van der Waals surface area contributed by atoms with Gasteiger partial charge in [0, 0.05) is 17.9 Å². The minimum absolute atomic E-state index is 0.154. The monoisotopic (exact) mass is 323 g/mol.